The van der Waals surface area contributed by atoms with Gasteiger partial charge in [-0.3, -0.25) is 9.89 Å². The second kappa shape index (κ2) is 9.74. The van der Waals surface area contributed by atoms with Crippen LogP contribution in [0, 0.1) is 0 Å². The maximum absolute atomic E-state index is 4.44. The standard InChI is InChI=1S/C17H35N5S/c1-5-23-16-8-6-7-14(11-16)20-17(18-2)19-12-15-13-21(3)9-10-22(15)4/h14-16H,5-13H2,1-4H3,(H2,18,19,20). The van der Waals surface area contributed by atoms with E-state index in [1.807, 2.05) is 7.05 Å². The van der Waals surface area contributed by atoms with Gasteiger partial charge in [-0.05, 0) is 39.1 Å². The first-order valence-corrected chi connectivity index (χ1v) is 10.1. The highest BCUT2D eigenvalue weighted by Crippen LogP contribution is 2.28. The fourth-order valence-corrected chi connectivity index (χ4v) is 4.76. The number of rotatable bonds is 5. The number of hydrogen-bond donors (Lipinski definition) is 2. The van der Waals surface area contributed by atoms with Gasteiger partial charge in [-0.1, -0.05) is 13.3 Å². The molecule has 2 aliphatic rings. The summed E-state index contributed by atoms with van der Waals surface area (Å²) in [4.78, 5) is 9.30. The van der Waals surface area contributed by atoms with Gasteiger partial charge in [0.2, 0.25) is 0 Å². The highest BCUT2D eigenvalue weighted by Gasteiger charge is 2.24. The zero-order valence-corrected chi connectivity index (χ0v) is 16.2. The lowest BCUT2D eigenvalue weighted by molar-refractivity contribution is 0.116. The smallest absolute Gasteiger partial charge is 0.191 e. The van der Waals surface area contributed by atoms with Crippen LogP contribution in [0.15, 0.2) is 4.99 Å². The monoisotopic (exact) mass is 341 g/mol. The Labute approximate surface area is 146 Å². The Morgan fingerprint density at radius 2 is 2.09 bits per heavy atom. The lowest BCUT2D eigenvalue weighted by Gasteiger charge is -2.38. The van der Waals surface area contributed by atoms with Gasteiger partial charge in [0.15, 0.2) is 5.96 Å². The maximum Gasteiger partial charge on any atom is 0.191 e. The fraction of sp³-hybridized carbons (Fsp3) is 0.941. The van der Waals surface area contributed by atoms with Crippen LogP contribution >= 0.6 is 11.8 Å². The third kappa shape index (κ3) is 6.16. The summed E-state index contributed by atoms with van der Waals surface area (Å²) >= 11 is 2.11. The van der Waals surface area contributed by atoms with Crippen LogP contribution in [-0.2, 0) is 0 Å². The fourth-order valence-electron chi connectivity index (χ4n) is 3.59. The molecule has 0 bridgehead atoms. The van der Waals surface area contributed by atoms with E-state index in [0.717, 1.165) is 30.8 Å². The number of guanidine groups is 1. The van der Waals surface area contributed by atoms with Gasteiger partial charge in [-0.2, -0.15) is 11.8 Å². The van der Waals surface area contributed by atoms with Crippen molar-refractivity contribution in [1.82, 2.24) is 20.4 Å². The molecule has 5 nitrogen and oxygen atoms in total. The van der Waals surface area contributed by atoms with Gasteiger partial charge in [0.05, 0.1) is 0 Å². The predicted octanol–water partition coefficient (Wildman–Crippen LogP) is 1.46. The molecule has 0 aromatic carbocycles. The maximum atomic E-state index is 4.44. The normalized spacial score (nSPS) is 31.1. The predicted molar refractivity (Wildman–Crippen MR) is 103 cm³/mol. The van der Waals surface area contributed by atoms with Crippen LogP contribution in [0.2, 0.25) is 0 Å². The Balaban J connectivity index is 1.76. The minimum absolute atomic E-state index is 0.557. The molecule has 1 saturated heterocycles. The van der Waals surface area contributed by atoms with Crippen molar-refractivity contribution in [3.63, 3.8) is 0 Å². The topological polar surface area (TPSA) is 42.9 Å². The molecule has 1 aliphatic carbocycles. The van der Waals surface area contributed by atoms with Crippen molar-refractivity contribution < 1.29 is 0 Å². The molecule has 0 radical (unpaired) electrons. The van der Waals surface area contributed by atoms with Gasteiger partial charge in [0.25, 0.3) is 0 Å². The van der Waals surface area contributed by atoms with Crippen molar-refractivity contribution in [2.24, 2.45) is 4.99 Å². The lowest BCUT2D eigenvalue weighted by atomic mass is 9.95. The molecule has 0 amide bonds. The Kier molecular flexibility index (Phi) is 7.99. The molecule has 3 unspecified atom stereocenters. The molecule has 134 valence electrons. The molecular formula is C17H35N5S. The first-order chi connectivity index (χ1) is 11.1. The lowest BCUT2D eigenvalue weighted by Crippen LogP contribution is -2.56. The Bertz CT molecular complexity index is 374. The van der Waals surface area contributed by atoms with E-state index < -0.39 is 0 Å². The molecule has 23 heavy (non-hydrogen) atoms. The van der Waals surface area contributed by atoms with E-state index in [-0.39, 0.29) is 0 Å². The Morgan fingerprint density at radius 3 is 2.83 bits per heavy atom. The van der Waals surface area contributed by atoms with Crippen LogP contribution in [0.5, 0.6) is 0 Å². The van der Waals surface area contributed by atoms with E-state index in [0.29, 0.717) is 12.1 Å². The molecule has 2 rings (SSSR count). The van der Waals surface area contributed by atoms with E-state index in [9.17, 15) is 0 Å². The van der Waals surface area contributed by atoms with Gasteiger partial charge >= 0.3 is 0 Å². The largest absolute Gasteiger partial charge is 0.355 e. The second-order valence-electron chi connectivity index (χ2n) is 6.94. The first kappa shape index (κ1) is 18.9. The van der Waals surface area contributed by atoms with E-state index in [1.54, 1.807) is 0 Å². The van der Waals surface area contributed by atoms with Crippen molar-refractivity contribution in [3.05, 3.63) is 0 Å². The van der Waals surface area contributed by atoms with Crippen molar-refractivity contribution in [2.75, 3.05) is 53.1 Å². The zero-order valence-electron chi connectivity index (χ0n) is 15.3. The van der Waals surface area contributed by atoms with Crippen molar-refractivity contribution in [2.45, 2.75) is 49.9 Å². The summed E-state index contributed by atoms with van der Waals surface area (Å²) in [5.41, 5.74) is 0. The van der Waals surface area contributed by atoms with Crippen molar-refractivity contribution in [1.29, 1.82) is 0 Å². The quantitative estimate of drug-likeness (QED) is 0.585. The number of likely N-dealkylation sites (N-methyl/N-ethyl adjacent to an activating group) is 2. The van der Waals surface area contributed by atoms with Crippen LogP contribution in [0.1, 0.15) is 32.6 Å². The molecule has 1 saturated carbocycles. The molecular weight excluding hydrogens is 306 g/mol. The molecule has 2 fully saturated rings. The summed E-state index contributed by atoms with van der Waals surface area (Å²) in [5, 5.41) is 8.02. The molecule has 0 aromatic heterocycles. The minimum atomic E-state index is 0.557. The first-order valence-electron chi connectivity index (χ1n) is 9.10. The van der Waals surface area contributed by atoms with E-state index in [2.05, 4.69) is 58.2 Å². The van der Waals surface area contributed by atoms with Crippen molar-refractivity contribution >= 4 is 17.7 Å². The highest BCUT2D eigenvalue weighted by molar-refractivity contribution is 7.99. The van der Waals surface area contributed by atoms with E-state index in [1.165, 1.54) is 38.0 Å². The molecule has 1 aliphatic heterocycles. The number of aliphatic imine (C=N–C) groups is 1. The van der Waals surface area contributed by atoms with Gasteiger partial charge < -0.3 is 15.5 Å². The molecule has 0 aromatic rings. The molecule has 2 N–H and O–H groups in total. The highest BCUT2D eigenvalue weighted by atomic mass is 32.2. The average Bonchev–Trinajstić information content (AvgIpc) is 2.55. The summed E-state index contributed by atoms with van der Waals surface area (Å²) < 4.78 is 0. The zero-order chi connectivity index (χ0) is 16.7. The average molecular weight is 342 g/mol. The van der Waals surface area contributed by atoms with Crippen molar-refractivity contribution in [3.8, 4) is 0 Å². The van der Waals surface area contributed by atoms with Crippen LogP contribution in [0.3, 0.4) is 0 Å². The number of nitrogens with one attached hydrogen (secondary N) is 2. The number of nitrogens with zero attached hydrogens (tertiary/aromatic N) is 3. The third-order valence-electron chi connectivity index (χ3n) is 5.08. The van der Waals surface area contributed by atoms with Crippen LogP contribution < -0.4 is 10.6 Å². The van der Waals surface area contributed by atoms with Crippen LogP contribution in [0.4, 0.5) is 0 Å². The molecule has 1 heterocycles. The van der Waals surface area contributed by atoms with Gasteiger partial charge in [0.1, 0.15) is 0 Å². The summed E-state index contributed by atoms with van der Waals surface area (Å²) in [7, 11) is 6.32. The Hall–Kier alpha value is -0.460. The number of thioether (sulfide) groups is 1. The number of piperazine rings is 1. The van der Waals surface area contributed by atoms with Crippen LogP contribution in [0.25, 0.3) is 0 Å². The Morgan fingerprint density at radius 1 is 1.26 bits per heavy atom. The van der Waals surface area contributed by atoms with Gasteiger partial charge in [-0.25, -0.2) is 0 Å². The second-order valence-corrected chi connectivity index (χ2v) is 8.51. The molecule has 0 spiro atoms. The summed E-state index contributed by atoms with van der Waals surface area (Å²) in [6.45, 7) is 6.66. The summed E-state index contributed by atoms with van der Waals surface area (Å²) in [5.74, 6) is 2.20. The van der Waals surface area contributed by atoms with E-state index in [4.69, 9.17) is 0 Å². The minimum Gasteiger partial charge on any atom is -0.355 e. The SMILES string of the molecule is CCSC1CCCC(NC(=NC)NCC2CN(C)CCN2C)C1. The summed E-state index contributed by atoms with van der Waals surface area (Å²) in [6.07, 6.45) is 5.25. The van der Waals surface area contributed by atoms with Gasteiger partial charge in [0, 0.05) is 50.6 Å². The molecule has 6 heteroatoms. The van der Waals surface area contributed by atoms with Gasteiger partial charge in [-0.15, -0.1) is 0 Å². The van der Waals surface area contributed by atoms with Crippen LogP contribution in [-0.4, -0.2) is 86.2 Å². The summed E-state index contributed by atoms with van der Waals surface area (Å²) in [6, 6.07) is 1.13. The third-order valence-corrected chi connectivity index (χ3v) is 6.31. The van der Waals surface area contributed by atoms with E-state index >= 15 is 0 Å². The molecule has 3 atom stereocenters. The number of hydrogen-bond acceptors (Lipinski definition) is 4.